The lowest BCUT2D eigenvalue weighted by Gasteiger charge is -2.06. The van der Waals surface area contributed by atoms with Crippen molar-refractivity contribution in [2.24, 2.45) is 5.92 Å². The van der Waals surface area contributed by atoms with Gasteiger partial charge in [0.05, 0.1) is 11.6 Å². The van der Waals surface area contributed by atoms with Gasteiger partial charge in [-0.25, -0.2) is 0 Å². The fraction of sp³-hybridized carbons (Fsp3) is 0.400. The van der Waals surface area contributed by atoms with Crippen LogP contribution in [0.1, 0.15) is 30.3 Å². The van der Waals surface area contributed by atoms with Gasteiger partial charge in [0.2, 0.25) is 0 Å². The summed E-state index contributed by atoms with van der Waals surface area (Å²) in [4.78, 5) is 24.9. The summed E-state index contributed by atoms with van der Waals surface area (Å²) in [6, 6.07) is 3.37. The van der Waals surface area contributed by atoms with Crippen LogP contribution in [0.4, 0.5) is 0 Å². The van der Waals surface area contributed by atoms with Gasteiger partial charge < -0.3 is 10.1 Å². The summed E-state index contributed by atoms with van der Waals surface area (Å²) >= 11 is 0. The summed E-state index contributed by atoms with van der Waals surface area (Å²) in [5.74, 6) is -1.64. The monoisotopic (exact) mass is 195 g/mol. The zero-order valence-electron chi connectivity index (χ0n) is 7.99. The van der Waals surface area contributed by atoms with Crippen molar-refractivity contribution in [1.29, 1.82) is 0 Å². The predicted molar refractivity (Wildman–Crippen MR) is 51.2 cm³/mol. The first-order chi connectivity index (χ1) is 6.65. The molecule has 1 aromatic rings. The molecule has 1 aromatic heterocycles. The molecule has 0 aliphatic heterocycles. The minimum Gasteiger partial charge on any atom is -0.481 e. The number of Topliss-reactive ketones (excluding diaryl/α,β-unsaturated/α-hetero) is 1. The molecule has 14 heavy (non-hydrogen) atoms. The number of carboxylic acids is 1. The van der Waals surface area contributed by atoms with Crippen molar-refractivity contribution >= 4 is 11.8 Å². The summed E-state index contributed by atoms with van der Waals surface area (Å²) in [6.45, 7) is 1.76. The second-order valence-electron chi connectivity index (χ2n) is 3.15. The maximum Gasteiger partial charge on any atom is 0.306 e. The fourth-order valence-corrected chi connectivity index (χ4v) is 1.24. The molecule has 0 radical (unpaired) electrons. The van der Waals surface area contributed by atoms with Crippen LogP contribution in [0.3, 0.4) is 0 Å². The third-order valence-corrected chi connectivity index (χ3v) is 2.17. The lowest BCUT2D eigenvalue weighted by atomic mass is 9.99. The number of aromatic nitrogens is 1. The summed E-state index contributed by atoms with van der Waals surface area (Å²) in [5, 5.41) is 8.76. The number of ketones is 1. The molecule has 0 aliphatic carbocycles. The zero-order valence-corrected chi connectivity index (χ0v) is 7.99. The van der Waals surface area contributed by atoms with Gasteiger partial charge in [-0.2, -0.15) is 0 Å². The highest BCUT2D eigenvalue weighted by molar-refractivity contribution is 5.96. The Hall–Kier alpha value is -1.58. The largest absolute Gasteiger partial charge is 0.481 e. The third kappa shape index (κ3) is 2.45. The summed E-state index contributed by atoms with van der Waals surface area (Å²) in [6.07, 6.45) is 2.18. The molecule has 1 unspecified atom stereocenters. The van der Waals surface area contributed by atoms with Gasteiger partial charge in [-0.3, -0.25) is 9.59 Å². The molecule has 1 heterocycles. The molecule has 1 atom stereocenters. The molecule has 1 rings (SSSR count). The van der Waals surface area contributed by atoms with Gasteiger partial charge in [-0.1, -0.05) is 6.92 Å². The smallest absolute Gasteiger partial charge is 0.306 e. The van der Waals surface area contributed by atoms with E-state index in [9.17, 15) is 9.59 Å². The van der Waals surface area contributed by atoms with Crippen LogP contribution in [0.5, 0.6) is 0 Å². The van der Waals surface area contributed by atoms with Crippen LogP contribution in [0.25, 0.3) is 0 Å². The van der Waals surface area contributed by atoms with Crippen molar-refractivity contribution in [2.75, 3.05) is 0 Å². The van der Waals surface area contributed by atoms with Crippen LogP contribution in [-0.4, -0.2) is 21.8 Å². The second-order valence-corrected chi connectivity index (χ2v) is 3.15. The second kappa shape index (κ2) is 4.60. The molecule has 0 fully saturated rings. The molecular formula is C10H13NO3. The summed E-state index contributed by atoms with van der Waals surface area (Å²) in [5.41, 5.74) is 0.477. The standard InChI is InChI=1S/C10H13NO3/c1-2-7(10(13)14)6-9(12)8-4-3-5-11-8/h3-5,7,11H,2,6H2,1H3,(H,13,14). The van der Waals surface area contributed by atoms with E-state index in [1.54, 1.807) is 25.3 Å². The number of carbonyl (C=O) groups excluding carboxylic acids is 1. The van der Waals surface area contributed by atoms with Gasteiger partial charge in [0.15, 0.2) is 5.78 Å². The lowest BCUT2D eigenvalue weighted by molar-refractivity contribution is -0.141. The molecule has 0 spiro atoms. The highest BCUT2D eigenvalue weighted by Crippen LogP contribution is 2.12. The fourth-order valence-electron chi connectivity index (χ4n) is 1.24. The first-order valence-electron chi connectivity index (χ1n) is 4.54. The number of aliphatic carboxylic acids is 1. The number of carbonyl (C=O) groups is 2. The van der Waals surface area contributed by atoms with E-state index in [0.29, 0.717) is 12.1 Å². The van der Waals surface area contributed by atoms with E-state index in [0.717, 1.165) is 0 Å². The molecular weight excluding hydrogens is 182 g/mol. The Labute approximate surface area is 81.9 Å². The molecule has 0 bridgehead atoms. The molecule has 0 saturated carbocycles. The number of aromatic amines is 1. The molecule has 2 N–H and O–H groups in total. The van der Waals surface area contributed by atoms with Crippen LogP contribution in [0.15, 0.2) is 18.3 Å². The van der Waals surface area contributed by atoms with Gasteiger partial charge in [-0.15, -0.1) is 0 Å². The number of H-pyrrole nitrogens is 1. The SMILES string of the molecule is CCC(CC(=O)c1ccc[nH]1)C(=O)O. The number of carboxylic acid groups (broad SMARTS) is 1. The highest BCUT2D eigenvalue weighted by atomic mass is 16.4. The first kappa shape index (κ1) is 10.5. The van der Waals surface area contributed by atoms with Crippen molar-refractivity contribution < 1.29 is 14.7 Å². The number of hydrogen-bond acceptors (Lipinski definition) is 2. The molecule has 4 nitrogen and oxygen atoms in total. The number of rotatable bonds is 5. The molecule has 0 aliphatic rings. The maximum atomic E-state index is 11.5. The molecule has 0 amide bonds. The average Bonchev–Trinajstić information content (AvgIpc) is 2.65. The lowest BCUT2D eigenvalue weighted by Crippen LogP contribution is -2.17. The van der Waals surface area contributed by atoms with E-state index in [2.05, 4.69) is 4.98 Å². The Balaban J connectivity index is 2.60. The van der Waals surface area contributed by atoms with Gasteiger partial charge >= 0.3 is 5.97 Å². The number of nitrogens with one attached hydrogen (secondary N) is 1. The van der Waals surface area contributed by atoms with Gasteiger partial charge in [-0.05, 0) is 18.6 Å². The Bertz CT molecular complexity index is 316. The van der Waals surface area contributed by atoms with Crippen LogP contribution < -0.4 is 0 Å². The summed E-state index contributed by atoms with van der Waals surface area (Å²) < 4.78 is 0. The van der Waals surface area contributed by atoms with Gasteiger partial charge in [0, 0.05) is 12.6 Å². The average molecular weight is 195 g/mol. The molecule has 4 heteroatoms. The molecule has 76 valence electrons. The van der Waals surface area contributed by atoms with Crippen LogP contribution in [-0.2, 0) is 4.79 Å². The molecule has 0 saturated heterocycles. The van der Waals surface area contributed by atoms with Gasteiger partial charge in [0.1, 0.15) is 0 Å². The topological polar surface area (TPSA) is 70.2 Å². The van der Waals surface area contributed by atoms with E-state index in [-0.39, 0.29) is 12.2 Å². The van der Waals surface area contributed by atoms with Crippen molar-refractivity contribution in [1.82, 2.24) is 4.98 Å². The van der Waals surface area contributed by atoms with Crippen molar-refractivity contribution in [3.8, 4) is 0 Å². The van der Waals surface area contributed by atoms with E-state index in [1.165, 1.54) is 0 Å². The van der Waals surface area contributed by atoms with E-state index >= 15 is 0 Å². The Morgan fingerprint density at radius 1 is 1.57 bits per heavy atom. The quantitative estimate of drug-likeness (QED) is 0.702. The van der Waals surface area contributed by atoms with E-state index in [4.69, 9.17) is 5.11 Å². The molecule has 0 aromatic carbocycles. The van der Waals surface area contributed by atoms with Crippen molar-refractivity contribution in [2.45, 2.75) is 19.8 Å². The van der Waals surface area contributed by atoms with Crippen LogP contribution in [0, 0.1) is 5.92 Å². The van der Waals surface area contributed by atoms with Gasteiger partial charge in [0.25, 0.3) is 0 Å². The minimum atomic E-state index is -0.910. The Morgan fingerprint density at radius 2 is 2.29 bits per heavy atom. The number of hydrogen-bond donors (Lipinski definition) is 2. The third-order valence-electron chi connectivity index (χ3n) is 2.17. The van der Waals surface area contributed by atoms with Crippen molar-refractivity contribution in [3.63, 3.8) is 0 Å². The minimum absolute atomic E-state index is 0.0619. The van der Waals surface area contributed by atoms with Crippen molar-refractivity contribution in [3.05, 3.63) is 24.0 Å². The van der Waals surface area contributed by atoms with Crippen LogP contribution >= 0.6 is 0 Å². The normalized spacial score (nSPS) is 12.4. The first-order valence-corrected chi connectivity index (χ1v) is 4.54. The predicted octanol–water partition coefficient (Wildman–Crippen LogP) is 1.70. The summed E-state index contributed by atoms with van der Waals surface area (Å²) in [7, 11) is 0. The zero-order chi connectivity index (χ0) is 10.6. The maximum absolute atomic E-state index is 11.5. The Morgan fingerprint density at radius 3 is 2.71 bits per heavy atom. The highest BCUT2D eigenvalue weighted by Gasteiger charge is 2.20. The van der Waals surface area contributed by atoms with E-state index in [1.807, 2.05) is 0 Å². The Kier molecular flexibility index (Phi) is 3.45. The van der Waals surface area contributed by atoms with Crippen LogP contribution in [0.2, 0.25) is 0 Å². The van der Waals surface area contributed by atoms with E-state index < -0.39 is 11.9 Å².